The van der Waals surface area contributed by atoms with Gasteiger partial charge >= 0.3 is 0 Å². The third-order valence-corrected chi connectivity index (χ3v) is 5.46. The molecule has 1 amide bonds. The number of thiophene rings is 1. The van der Waals surface area contributed by atoms with E-state index in [0.29, 0.717) is 11.5 Å². The summed E-state index contributed by atoms with van der Waals surface area (Å²) in [5.74, 6) is 0.0202. The van der Waals surface area contributed by atoms with Crippen LogP contribution in [-0.4, -0.2) is 67.2 Å². The number of rotatable bonds is 6. The van der Waals surface area contributed by atoms with Gasteiger partial charge in [0.2, 0.25) is 5.91 Å². The molecule has 0 radical (unpaired) electrons. The molecular weight excluding hydrogens is 358 g/mol. The number of carbonyl (C=O) groups excluding carboxylic acids is 1. The first-order chi connectivity index (χ1) is 13.0. The average molecular weight is 390 g/mol. The number of piperidine rings is 1. The number of nitrogens with zero attached hydrogens (tertiary/aromatic N) is 2. The number of hydrogen-bond donors (Lipinski definition) is 2. The minimum absolute atomic E-state index is 0.121. The molecule has 3 rings (SSSR count). The fourth-order valence-electron chi connectivity index (χ4n) is 3.27. The van der Waals surface area contributed by atoms with Gasteiger partial charge in [-0.15, -0.1) is 0 Å². The Balaban J connectivity index is 0.000000244. The van der Waals surface area contributed by atoms with Crippen molar-refractivity contribution in [2.75, 3.05) is 40.3 Å². The van der Waals surface area contributed by atoms with E-state index in [1.54, 1.807) is 35.6 Å². The summed E-state index contributed by atoms with van der Waals surface area (Å²) in [5.41, 5.74) is 6.97. The molecule has 148 valence electrons. The molecule has 1 aromatic carbocycles. The summed E-state index contributed by atoms with van der Waals surface area (Å²) >= 11 is 1.77. The lowest BCUT2D eigenvalue weighted by Gasteiger charge is -2.37. The first kappa shape index (κ1) is 21.6. The van der Waals surface area contributed by atoms with E-state index >= 15 is 0 Å². The van der Waals surface area contributed by atoms with Crippen molar-refractivity contribution in [2.45, 2.75) is 18.9 Å². The summed E-state index contributed by atoms with van der Waals surface area (Å²) in [7, 11) is 4.16. The SMILES string of the molecule is CN(C)CC1CN(CCc2ccsc2)CCC1O.NC(=O)c1ccccc1. The van der Waals surface area contributed by atoms with E-state index in [1.807, 2.05) is 6.07 Å². The van der Waals surface area contributed by atoms with Crippen molar-refractivity contribution in [3.63, 3.8) is 0 Å². The fraction of sp³-hybridized carbons (Fsp3) is 0.476. The zero-order valence-electron chi connectivity index (χ0n) is 16.3. The summed E-state index contributed by atoms with van der Waals surface area (Å²) in [6.07, 6.45) is 1.93. The molecule has 1 aliphatic rings. The van der Waals surface area contributed by atoms with Gasteiger partial charge in [-0.25, -0.2) is 0 Å². The number of hydrogen-bond acceptors (Lipinski definition) is 5. The largest absolute Gasteiger partial charge is 0.393 e. The Morgan fingerprint density at radius 2 is 2.04 bits per heavy atom. The minimum Gasteiger partial charge on any atom is -0.393 e. The van der Waals surface area contributed by atoms with Gasteiger partial charge in [0, 0.05) is 37.7 Å². The second-order valence-electron chi connectivity index (χ2n) is 7.29. The molecule has 5 nitrogen and oxygen atoms in total. The molecule has 1 saturated heterocycles. The number of likely N-dealkylation sites (tertiary alicyclic amines) is 1. The Labute approximate surface area is 166 Å². The number of benzene rings is 1. The summed E-state index contributed by atoms with van der Waals surface area (Å²) in [5, 5.41) is 14.4. The van der Waals surface area contributed by atoms with Gasteiger partial charge in [-0.2, -0.15) is 11.3 Å². The van der Waals surface area contributed by atoms with Gasteiger partial charge in [-0.3, -0.25) is 4.79 Å². The highest BCUT2D eigenvalue weighted by Crippen LogP contribution is 2.18. The van der Waals surface area contributed by atoms with Crippen LogP contribution in [0.15, 0.2) is 47.2 Å². The van der Waals surface area contributed by atoms with E-state index in [9.17, 15) is 9.90 Å². The first-order valence-corrected chi connectivity index (χ1v) is 10.3. The smallest absolute Gasteiger partial charge is 0.248 e. The molecule has 3 N–H and O–H groups in total. The zero-order valence-corrected chi connectivity index (χ0v) is 17.1. The van der Waals surface area contributed by atoms with Crippen molar-refractivity contribution in [1.82, 2.24) is 9.80 Å². The van der Waals surface area contributed by atoms with Crippen molar-refractivity contribution < 1.29 is 9.90 Å². The predicted molar refractivity (Wildman–Crippen MR) is 112 cm³/mol. The molecule has 0 spiro atoms. The molecular formula is C21H31N3O2S. The lowest BCUT2D eigenvalue weighted by atomic mass is 9.94. The summed E-state index contributed by atoms with van der Waals surface area (Å²) in [6.45, 7) is 4.17. The molecule has 2 heterocycles. The van der Waals surface area contributed by atoms with Crippen molar-refractivity contribution in [3.05, 3.63) is 58.3 Å². The van der Waals surface area contributed by atoms with E-state index in [-0.39, 0.29) is 12.0 Å². The number of aliphatic hydroxyl groups excluding tert-OH is 1. The Kier molecular flexibility index (Phi) is 8.94. The molecule has 1 aliphatic heterocycles. The Morgan fingerprint density at radius 3 is 2.59 bits per heavy atom. The van der Waals surface area contributed by atoms with Gasteiger partial charge in [0.1, 0.15) is 0 Å². The van der Waals surface area contributed by atoms with Crippen LogP contribution in [0.2, 0.25) is 0 Å². The van der Waals surface area contributed by atoms with Crippen LogP contribution in [-0.2, 0) is 6.42 Å². The maximum atomic E-state index is 10.4. The highest BCUT2D eigenvalue weighted by molar-refractivity contribution is 7.07. The van der Waals surface area contributed by atoms with Crippen LogP contribution in [0.5, 0.6) is 0 Å². The van der Waals surface area contributed by atoms with Crippen molar-refractivity contribution in [3.8, 4) is 0 Å². The van der Waals surface area contributed by atoms with E-state index in [2.05, 4.69) is 40.7 Å². The zero-order chi connectivity index (χ0) is 19.6. The van der Waals surface area contributed by atoms with Crippen LogP contribution < -0.4 is 5.73 Å². The second kappa shape index (κ2) is 11.2. The number of aliphatic hydroxyl groups is 1. The summed E-state index contributed by atoms with van der Waals surface area (Å²) < 4.78 is 0. The monoisotopic (exact) mass is 389 g/mol. The molecule has 1 fully saturated rings. The number of amides is 1. The van der Waals surface area contributed by atoms with Crippen LogP contribution >= 0.6 is 11.3 Å². The highest BCUT2D eigenvalue weighted by Gasteiger charge is 2.27. The number of nitrogens with two attached hydrogens (primary N) is 1. The molecule has 2 unspecified atom stereocenters. The number of carbonyl (C=O) groups is 1. The Bertz CT molecular complexity index is 661. The van der Waals surface area contributed by atoms with E-state index in [4.69, 9.17) is 5.73 Å². The third kappa shape index (κ3) is 7.81. The minimum atomic E-state index is -0.379. The lowest BCUT2D eigenvalue weighted by Crippen LogP contribution is -2.47. The predicted octanol–water partition coefficient (Wildman–Crippen LogP) is 2.32. The Hall–Kier alpha value is -1.73. The molecule has 1 aromatic heterocycles. The van der Waals surface area contributed by atoms with Gasteiger partial charge in [-0.05, 0) is 61.5 Å². The number of primary amides is 1. The Morgan fingerprint density at radius 1 is 1.30 bits per heavy atom. The van der Waals surface area contributed by atoms with Gasteiger partial charge in [0.05, 0.1) is 6.10 Å². The van der Waals surface area contributed by atoms with E-state index in [0.717, 1.165) is 39.0 Å². The molecule has 0 saturated carbocycles. The molecule has 6 heteroatoms. The highest BCUT2D eigenvalue weighted by atomic mass is 32.1. The van der Waals surface area contributed by atoms with Gasteiger partial charge in [0.15, 0.2) is 0 Å². The molecule has 0 aliphatic carbocycles. The standard InChI is InChI=1S/C14H24N2OS.C7H7NO/c1-15(2)9-13-10-16(7-4-14(13)17)6-3-12-5-8-18-11-12;8-7(9)6-4-2-1-3-5-6/h5,8,11,13-14,17H,3-4,6-7,9-10H2,1-2H3;1-5H,(H2,8,9). The van der Waals surface area contributed by atoms with Crippen LogP contribution in [0.1, 0.15) is 22.3 Å². The summed E-state index contributed by atoms with van der Waals surface area (Å²) in [4.78, 5) is 15.1. The van der Waals surface area contributed by atoms with Crippen LogP contribution in [0.4, 0.5) is 0 Å². The third-order valence-electron chi connectivity index (χ3n) is 4.73. The van der Waals surface area contributed by atoms with Crippen LogP contribution in [0.3, 0.4) is 0 Å². The first-order valence-electron chi connectivity index (χ1n) is 9.36. The quantitative estimate of drug-likeness (QED) is 0.796. The van der Waals surface area contributed by atoms with Crippen molar-refractivity contribution >= 4 is 17.2 Å². The molecule has 2 atom stereocenters. The van der Waals surface area contributed by atoms with Crippen molar-refractivity contribution in [1.29, 1.82) is 0 Å². The van der Waals surface area contributed by atoms with E-state index in [1.165, 1.54) is 5.56 Å². The lowest BCUT2D eigenvalue weighted by molar-refractivity contribution is 0.0163. The molecule has 0 bridgehead atoms. The van der Waals surface area contributed by atoms with Crippen LogP contribution in [0.25, 0.3) is 0 Å². The van der Waals surface area contributed by atoms with Gasteiger partial charge < -0.3 is 20.6 Å². The molecule has 2 aromatic rings. The summed E-state index contributed by atoms with van der Waals surface area (Å²) in [6, 6.07) is 11.0. The van der Waals surface area contributed by atoms with Gasteiger partial charge in [-0.1, -0.05) is 18.2 Å². The maximum Gasteiger partial charge on any atom is 0.248 e. The average Bonchev–Trinajstić information content (AvgIpc) is 3.17. The van der Waals surface area contributed by atoms with E-state index < -0.39 is 0 Å². The fourth-order valence-corrected chi connectivity index (χ4v) is 3.97. The second-order valence-corrected chi connectivity index (χ2v) is 8.07. The topological polar surface area (TPSA) is 69.8 Å². The van der Waals surface area contributed by atoms with Crippen LogP contribution in [0, 0.1) is 5.92 Å². The maximum absolute atomic E-state index is 10.4. The normalized spacial score (nSPS) is 20.1. The van der Waals surface area contributed by atoms with Gasteiger partial charge in [0.25, 0.3) is 0 Å². The molecule has 27 heavy (non-hydrogen) atoms. The van der Waals surface area contributed by atoms with Crippen molar-refractivity contribution in [2.24, 2.45) is 11.7 Å².